The second-order valence-corrected chi connectivity index (χ2v) is 7.22. The van der Waals surface area contributed by atoms with E-state index in [-0.39, 0.29) is 11.9 Å². The van der Waals surface area contributed by atoms with E-state index >= 15 is 0 Å². The Morgan fingerprint density at radius 2 is 1.63 bits per heavy atom. The number of amides is 1. The number of imidazole rings is 1. The third-order valence-electron chi connectivity index (χ3n) is 4.98. The number of nitrogens with zero attached hydrogens (tertiary/aromatic N) is 2. The molecule has 1 heterocycles. The van der Waals surface area contributed by atoms with E-state index in [4.69, 9.17) is 9.72 Å². The van der Waals surface area contributed by atoms with Gasteiger partial charge < -0.3 is 14.6 Å². The van der Waals surface area contributed by atoms with Crippen molar-refractivity contribution in [2.75, 3.05) is 6.61 Å². The average Bonchev–Trinajstić information content (AvgIpc) is 3.14. The Balaban J connectivity index is 1.49. The van der Waals surface area contributed by atoms with Gasteiger partial charge in [-0.3, -0.25) is 4.79 Å². The summed E-state index contributed by atoms with van der Waals surface area (Å²) in [6.45, 7) is 3.13. The number of benzene rings is 3. The van der Waals surface area contributed by atoms with Gasteiger partial charge in [0, 0.05) is 0 Å². The van der Waals surface area contributed by atoms with Crippen molar-refractivity contribution in [3.8, 4) is 5.75 Å². The fraction of sp³-hybridized carbons (Fsp3) is 0.200. The zero-order valence-electron chi connectivity index (χ0n) is 17.0. The fourth-order valence-corrected chi connectivity index (χ4v) is 3.57. The number of aromatic nitrogens is 2. The second kappa shape index (κ2) is 9.27. The molecule has 0 fully saturated rings. The minimum Gasteiger partial charge on any atom is -0.492 e. The maximum absolute atomic E-state index is 12.5. The maximum Gasteiger partial charge on any atom is 0.224 e. The highest BCUT2D eigenvalue weighted by Crippen LogP contribution is 2.21. The lowest BCUT2D eigenvalue weighted by Crippen LogP contribution is -2.30. The van der Waals surface area contributed by atoms with E-state index in [1.165, 1.54) is 0 Å². The summed E-state index contributed by atoms with van der Waals surface area (Å²) >= 11 is 0. The summed E-state index contributed by atoms with van der Waals surface area (Å²) in [4.78, 5) is 17.3. The molecule has 0 aliphatic heterocycles. The van der Waals surface area contributed by atoms with Gasteiger partial charge >= 0.3 is 0 Å². The lowest BCUT2D eigenvalue weighted by atomic mass is 10.1. The number of nitrogens with one attached hydrogen (secondary N) is 1. The van der Waals surface area contributed by atoms with Gasteiger partial charge in [-0.05, 0) is 36.8 Å². The van der Waals surface area contributed by atoms with Crippen LogP contribution in [0.1, 0.15) is 24.4 Å². The number of carbonyl (C=O) groups excluding carboxylic acids is 1. The molecule has 1 amide bonds. The van der Waals surface area contributed by atoms with Crippen LogP contribution in [0, 0.1) is 0 Å². The van der Waals surface area contributed by atoms with Crippen LogP contribution in [0.5, 0.6) is 5.75 Å². The molecule has 0 aliphatic carbocycles. The van der Waals surface area contributed by atoms with Crippen LogP contribution in [-0.4, -0.2) is 22.1 Å². The number of carbonyl (C=O) groups is 1. The van der Waals surface area contributed by atoms with Crippen LogP contribution in [-0.2, 0) is 17.8 Å². The molecule has 3 aromatic carbocycles. The Hall–Kier alpha value is -3.60. The molecule has 1 atom stereocenters. The third-order valence-corrected chi connectivity index (χ3v) is 4.98. The summed E-state index contributed by atoms with van der Waals surface area (Å²) in [5, 5.41) is 3.09. The van der Waals surface area contributed by atoms with Crippen molar-refractivity contribution < 1.29 is 9.53 Å². The van der Waals surface area contributed by atoms with Crippen LogP contribution < -0.4 is 10.1 Å². The number of hydrogen-bond acceptors (Lipinski definition) is 3. The van der Waals surface area contributed by atoms with E-state index in [1.54, 1.807) is 0 Å². The van der Waals surface area contributed by atoms with Crippen molar-refractivity contribution >= 4 is 16.9 Å². The molecule has 1 unspecified atom stereocenters. The molecule has 5 nitrogen and oxygen atoms in total. The number of ether oxygens (including phenoxy) is 1. The zero-order chi connectivity index (χ0) is 20.8. The topological polar surface area (TPSA) is 56.2 Å². The Morgan fingerprint density at radius 3 is 2.40 bits per heavy atom. The van der Waals surface area contributed by atoms with Gasteiger partial charge in [0.2, 0.25) is 5.91 Å². The van der Waals surface area contributed by atoms with Crippen LogP contribution in [0.2, 0.25) is 0 Å². The summed E-state index contributed by atoms with van der Waals surface area (Å²) in [6, 6.07) is 27.3. The molecule has 0 aliphatic rings. The summed E-state index contributed by atoms with van der Waals surface area (Å²) in [5.41, 5.74) is 2.94. The van der Waals surface area contributed by atoms with Crippen molar-refractivity contribution in [2.24, 2.45) is 0 Å². The fourth-order valence-electron chi connectivity index (χ4n) is 3.57. The van der Waals surface area contributed by atoms with Gasteiger partial charge in [0.05, 0.1) is 30.0 Å². The lowest BCUT2D eigenvalue weighted by molar-refractivity contribution is -0.121. The highest BCUT2D eigenvalue weighted by Gasteiger charge is 2.18. The first-order chi connectivity index (χ1) is 14.7. The summed E-state index contributed by atoms with van der Waals surface area (Å²) in [5.74, 6) is 1.65. The molecule has 0 spiro atoms. The Kier molecular flexibility index (Phi) is 6.09. The SMILES string of the molecule is CC(NC(=O)Cc1ccccc1)c1nc2ccccc2n1CCOc1ccccc1. The predicted molar refractivity (Wildman–Crippen MR) is 118 cm³/mol. The van der Waals surface area contributed by atoms with Crippen molar-refractivity contribution in [3.63, 3.8) is 0 Å². The maximum atomic E-state index is 12.5. The number of para-hydroxylation sites is 3. The molecule has 4 aromatic rings. The second-order valence-electron chi connectivity index (χ2n) is 7.22. The van der Waals surface area contributed by atoms with Gasteiger partial charge in [0.1, 0.15) is 18.2 Å². The Bertz CT molecular complexity index is 1110. The van der Waals surface area contributed by atoms with Gasteiger partial charge in [-0.25, -0.2) is 4.98 Å². The summed E-state index contributed by atoms with van der Waals surface area (Å²) < 4.78 is 8.02. The van der Waals surface area contributed by atoms with Crippen LogP contribution in [0.3, 0.4) is 0 Å². The molecule has 5 heteroatoms. The predicted octanol–water partition coefficient (Wildman–Crippen LogP) is 4.54. The molecule has 1 aromatic heterocycles. The van der Waals surface area contributed by atoms with Crippen molar-refractivity contribution in [3.05, 3.63) is 96.3 Å². The summed E-state index contributed by atoms with van der Waals surface area (Å²) in [6.07, 6.45) is 0.350. The van der Waals surface area contributed by atoms with Crippen LogP contribution in [0.25, 0.3) is 11.0 Å². The largest absolute Gasteiger partial charge is 0.492 e. The van der Waals surface area contributed by atoms with Crippen LogP contribution >= 0.6 is 0 Å². The molecular weight excluding hydrogens is 374 g/mol. The van der Waals surface area contributed by atoms with Crippen molar-refractivity contribution in [1.29, 1.82) is 0 Å². The first-order valence-electron chi connectivity index (χ1n) is 10.2. The van der Waals surface area contributed by atoms with E-state index in [9.17, 15) is 4.79 Å². The molecule has 30 heavy (non-hydrogen) atoms. The summed E-state index contributed by atoms with van der Waals surface area (Å²) in [7, 11) is 0. The smallest absolute Gasteiger partial charge is 0.224 e. The minimum absolute atomic E-state index is 0.0205. The van der Waals surface area contributed by atoms with E-state index < -0.39 is 0 Å². The molecule has 1 N–H and O–H groups in total. The quantitative estimate of drug-likeness (QED) is 0.473. The number of fused-ring (bicyclic) bond motifs is 1. The molecular formula is C25H25N3O2. The number of rotatable bonds is 8. The first-order valence-corrected chi connectivity index (χ1v) is 10.2. The Morgan fingerprint density at radius 1 is 0.967 bits per heavy atom. The van der Waals surface area contributed by atoms with E-state index in [0.717, 1.165) is 28.2 Å². The normalized spacial score (nSPS) is 11.9. The molecule has 0 saturated heterocycles. The zero-order valence-corrected chi connectivity index (χ0v) is 17.0. The van der Waals surface area contributed by atoms with E-state index in [1.807, 2.05) is 91.9 Å². The van der Waals surface area contributed by atoms with Gasteiger partial charge in [-0.1, -0.05) is 60.7 Å². The average molecular weight is 399 g/mol. The standard InChI is InChI=1S/C25H25N3O2/c1-19(26-24(29)18-20-10-4-2-5-11-20)25-27-22-14-8-9-15-23(22)28(25)16-17-30-21-12-6-3-7-13-21/h2-15,19H,16-18H2,1H3,(H,26,29). The van der Waals surface area contributed by atoms with Gasteiger partial charge in [0.15, 0.2) is 0 Å². The minimum atomic E-state index is -0.217. The van der Waals surface area contributed by atoms with Crippen molar-refractivity contribution in [1.82, 2.24) is 14.9 Å². The highest BCUT2D eigenvalue weighted by atomic mass is 16.5. The first kappa shape index (κ1) is 19.7. The molecule has 152 valence electrons. The monoisotopic (exact) mass is 399 g/mol. The molecule has 0 radical (unpaired) electrons. The molecule has 0 bridgehead atoms. The molecule has 4 rings (SSSR count). The highest BCUT2D eigenvalue weighted by molar-refractivity contribution is 5.79. The van der Waals surface area contributed by atoms with Gasteiger partial charge in [-0.15, -0.1) is 0 Å². The van der Waals surface area contributed by atoms with Crippen LogP contribution in [0.4, 0.5) is 0 Å². The van der Waals surface area contributed by atoms with Gasteiger partial charge in [0.25, 0.3) is 0 Å². The van der Waals surface area contributed by atoms with Crippen LogP contribution in [0.15, 0.2) is 84.9 Å². The number of hydrogen-bond donors (Lipinski definition) is 1. The lowest BCUT2D eigenvalue weighted by Gasteiger charge is -2.17. The third kappa shape index (κ3) is 4.69. The van der Waals surface area contributed by atoms with Gasteiger partial charge in [-0.2, -0.15) is 0 Å². The van der Waals surface area contributed by atoms with E-state index in [2.05, 4.69) is 9.88 Å². The van der Waals surface area contributed by atoms with Crippen molar-refractivity contribution in [2.45, 2.75) is 25.9 Å². The Labute approximate surface area is 176 Å². The molecule has 0 saturated carbocycles. The van der Waals surface area contributed by atoms with E-state index in [0.29, 0.717) is 19.6 Å².